The monoisotopic (exact) mass is 506 g/mol. The fourth-order valence-corrected chi connectivity index (χ4v) is 4.95. The maximum atomic E-state index is 13.7. The van der Waals surface area contributed by atoms with Crippen LogP contribution in [0.3, 0.4) is 0 Å². The number of methoxy groups -OCH3 is 1. The third-order valence-corrected chi connectivity index (χ3v) is 7.36. The average Bonchev–Trinajstić information content (AvgIpc) is 2.87. The van der Waals surface area contributed by atoms with Gasteiger partial charge in [-0.2, -0.15) is 0 Å². The number of nitrogens with zero attached hydrogens (tertiary/aromatic N) is 2. The number of anilines is 2. The van der Waals surface area contributed by atoms with E-state index in [9.17, 15) is 19.5 Å². The summed E-state index contributed by atoms with van der Waals surface area (Å²) in [5.74, 6) is -2.18. The minimum Gasteiger partial charge on any atom is -0.478 e. The molecule has 0 saturated carbocycles. The lowest BCUT2D eigenvalue weighted by molar-refractivity contribution is -0.142. The van der Waals surface area contributed by atoms with E-state index < -0.39 is 23.9 Å². The molecule has 0 spiro atoms. The molecule has 0 saturated heterocycles. The zero-order chi connectivity index (χ0) is 27.4. The van der Waals surface area contributed by atoms with E-state index >= 15 is 0 Å². The fourth-order valence-electron chi connectivity index (χ4n) is 4.95. The Morgan fingerprint density at radius 3 is 2.32 bits per heavy atom. The average molecular weight is 507 g/mol. The quantitative estimate of drug-likeness (QED) is 0.323. The highest BCUT2D eigenvalue weighted by molar-refractivity contribution is 6.35. The highest BCUT2D eigenvalue weighted by atomic mass is 16.5. The number of hydrogen-bond donors (Lipinski definition) is 1. The van der Waals surface area contributed by atoms with Crippen LogP contribution >= 0.6 is 0 Å². The zero-order valence-electron chi connectivity index (χ0n) is 22.7. The lowest BCUT2D eigenvalue weighted by atomic mass is 9.63. The number of hydrogen-bond acceptors (Lipinski definition) is 5. The minimum atomic E-state index is -1.14. The molecule has 1 unspecified atom stereocenters. The summed E-state index contributed by atoms with van der Waals surface area (Å²) in [7, 11) is 1.30. The van der Waals surface area contributed by atoms with Crippen LogP contribution in [0.15, 0.2) is 47.5 Å². The van der Waals surface area contributed by atoms with Crippen LogP contribution in [-0.2, 0) is 25.2 Å². The lowest BCUT2D eigenvalue weighted by Crippen LogP contribution is -2.35. The summed E-state index contributed by atoms with van der Waals surface area (Å²) < 4.78 is 4.87. The first-order valence-electron chi connectivity index (χ1n) is 12.9. The molecule has 3 rings (SSSR count). The molecule has 2 aromatic carbocycles. The molecule has 2 aromatic rings. The number of benzene rings is 2. The molecule has 1 amide bonds. The van der Waals surface area contributed by atoms with Gasteiger partial charge in [0, 0.05) is 5.69 Å². The van der Waals surface area contributed by atoms with Crippen LogP contribution in [0.4, 0.5) is 11.4 Å². The van der Waals surface area contributed by atoms with E-state index in [0.717, 1.165) is 37.5 Å². The molecule has 0 fully saturated rings. The van der Waals surface area contributed by atoms with Crippen molar-refractivity contribution in [3.63, 3.8) is 0 Å². The Kier molecular flexibility index (Phi) is 8.57. The van der Waals surface area contributed by atoms with Gasteiger partial charge in [0.05, 0.1) is 24.6 Å². The van der Waals surface area contributed by atoms with Crippen LogP contribution in [0, 0.1) is 0 Å². The molecule has 37 heavy (non-hydrogen) atoms. The summed E-state index contributed by atoms with van der Waals surface area (Å²) in [5.41, 5.74) is 3.04. The van der Waals surface area contributed by atoms with Gasteiger partial charge < -0.3 is 9.84 Å². The minimum absolute atomic E-state index is 0.00272. The maximum absolute atomic E-state index is 13.7. The molecule has 0 aliphatic heterocycles. The molecule has 7 heteroatoms. The topological polar surface area (TPSA) is 96.3 Å². The van der Waals surface area contributed by atoms with E-state index in [2.05, 4.69) is 32.7 Å². The molecular formula is C30H38N2O5. The number of carbonyl (C=O) groups excluding carboxylic acids is 2. The fraction of sp³-hybridized carbons (Fsp3) is 0.467. The Balaban J connectivity index is 2.15. The number of para-hydroxylation sites is 1. The summed E-state index contributed by atoms with van der Waals surface area (Å²) in [5, 5.41) is 9.87. The van der Waals surface area contributed by atoms with Crippen molar-refractivity contribution in [2.75, 3.05) is 12.0 Å². The highest BCUT2D eigenvalue weighted by Crippen LogP contribution is 2.47. The second-order valence-corrected chi connectivity index (χ2v) is 11.0. The second-order valence-electron chi connectivity index (χ2n) is 11.0. The SMILES string of the molecule is CCCCC(N=CC(=O)N(c1ccc2c(c1)C(C)(C)CCC2(C)C)c1ccccc1C(=O)O)C(=O)OC. The summed E-state index contributed by atoms with van der Waals surface area (Å²) in [6, 6.07) is 11.5. The van der Waals surface area contributed by atoms with Gasteiger partial charge in [0.25, 0.3) is 5.91 Å². The standard InChI is InChI=1S/C30H38N2O5/c1-7-8-12-24(28(36)37-6)31-19-26(33)32(25-13-10-9-11-21(25)27(34)35)20-14-15-22-23(18-20)30(4,5)17-16-29(22,2)3/h9-11,13-15,18-19,24H,7-8,12,16-17H2,1-6H3,(H,34,35). The Bertz CT molecular complexity index is 1200. The van der Waals surface area contributed by atoms with Crippen molar-refractivity contribution < 1.29 is 24.2 Å². The normalized spacial score (nSPS) is 16.6. The number of esters is 1. The van der Waals surface area contributed by atoms with Gasteiger partial charge in [-0.05, 0) is 65.5 Å². The summed E-state index contributed by atoms with van der Waals surface area (Å²) >= 11 is 0. The van der Waals surface area contributed by atoms with Crippen molar-refractivity contribution >= 4 is 35.4 Å². The Morgan fingerprint density at radius 2 is 1.70 bits per heavy atom. The molecule has 0 heterocycles. The van der Waals surface area contributed by atoms with Crippen molar-refractivity contribution in [3.8, 4) is 0 Å². The Hall–Kier alpha value is -3.48. The summed E-state index contributed by atoms with van der Waals surface area (Å²) in [6.07, 6.45) is 5.25. The molecule has 198 valence electrons. The Labute approximate surface area is 219 Å². The van der Waals surface area contributed by atoms with E-state index in [1.807, 2.05) is 25.1 Å². The smallest absolute Gasteiger partial charge is 0.337 e. The van der Waals surface area contributed by atoms with Gasteiger partial charge >= 0.3 is 11.9 Å². The van der Waals surface area contributed by atoms with E-state index in [1.54, 1.807) is 18.2 Å². The number of amides is 1. The first-order valence-corrected chi connectivity index (χ1v) is 12.9. The number of carboxylic acids is 1. The Morgan fingerprint density at radius 1 is 1.05 bits per heavy atom. The third-order valence-electron chi connectivity index (χ3n) is 7.36. The first-order chi connectivity index (χ1) is 17.4. The summed E-state index contributed by atoms with van der Waals surface area (Å²) in [4.78, 5) is 43.7. The molecule has 1 aliphatic rings. The van der Waals surface area contributed by atoms with Crippen molar-refractivity contribution in [1.82, 2.24) is 0 Å². The van der Waals surface area contributed by atoms with E-state index in [-0.39, 0.29) is 22.1 Å². The van der Waals surface area contributed by atoms with Gasteiger partial charge in [-0.15, -0.1) is 0 Å². The molecule has 0 radical (unpaired) electrons. The van der Waals surface area contributed by atoms with Gasteiger partial charge in [0.1, 0.15) is 6.04 Å². The summed E-state index contributed by atoms with van der Waals surface area (Å²) in [6.45, 7) is 10.8. The predicted molar refractivity (Wildman–Crippen MR) is 146 cm³/mol. The number of aliphatic imine (C=N–C) groups is 1. The zero-order valence-corrected chi connectivity index (χ0v) is 22.7. The molecule has 0 bridgehead atoms. The van der Waals surface area contributed by atoms with Gasteiger partial charge in [-0.1, -0.05) is 65.7 Å². The van der Waals surface area contributed by atoms with E-state index in [0.29, 0.717) is 12.1 Å². The molecule has 1 atom stereocenters. The first kappa shape index (κ1) is 28.1. The lowest BCUT2D eigenvalue weighted by Gasteiger charge is -2.42. The number of aromatic carboxylic acids is 1. The number of rotatable bonds is 9. The van der Waals surface area contributed by atoms with Gasteiger partial charge in [0.15, 0.2) is 0 Å². The highest BCUT2D eigenvalue weighted by Gasteiger charge is 2.37. The molecule has 1 aliphatic carbocycles. The van der Waals surface area contributed by atoms with E-state index in [1.165, 1.54) is 23.6 Å². The second kappa shape index (κ2) is 11.3. The van der Waals surface area contributed by atoms with Gasteiger partial charge in [-0.3, -0.25) is 14.7 Å². The van der Waals surface area contributed by atoms with Crippen LogP contribution in [0.5, 0.6) is 0 Å². The third kappa shape index (κ3) is 6.09. The van der Waals surface area contributed by atoms with Crippen molar-refractivity contribution in [1.29, 1.82) is 0 Å². The number of unbranched alkanes of at least 4 members (excludes halogenated alkanes) is 1. The van der Waals surface area contributed by atoms with Crippen LogP contribution in [0.2, 0.25) is 0 Å². The largest absolute Gasteiger partial charge is 0.478 e. The molecular weight excluding hydrogens is 468 g/mol. The van der Waals surface area contributed by atoms with E-state index in [4.69, 9.17) is 4.74 Å². The van der Waals surface area contributed by atoms with Crippen molar-refractivity contribution in [3.05, 3.63) is 59.2 Å². The number of carbonyl (C=O) groups is 3. The molecule has 1 N–H and O–H groups in total. The number of carboxylic acid groups (broad SMARTS) is 1. The van der Waals surface area contributed by atoms with Gasteiger partial charge in [-0.25, -0.2) is 9.59 Å². The van der Waals surface area contributed by atoms with Crippen LogP contribution in [0.25, 0.3) is 0 Å². The predicted octanol–water partition coefficient (Wildman–Crippen LogP) is 6.20. The molecule has 7 nitrogen and oxygen atoms in total. The van der Waals surface area contributed by atoms with Crippen molar-refractivity contribution in [2.24, 2.45) is 4.99 Å². The van der Waals surface area contributed by atoms with Crippen LogP contribution < -0.4 is 4.90 Å². The van der Waals surface area contributed by atoms with Crippen molar-refractivity contribution in [2.45, 2.75) is 83.6 Å². The van der Waals surface area contributed by atoms with Crippen LogP contribution in [0.1, 0.15) is 88.2 Å². The number of ether oxygens (including phenoxy) is 1. The molecule has 0 aromatic heterocycles. The number of fused-ring (bicyclic) bond motifs is 1. The van der Waals surface area contributed by atoms with Gasteiger partial charge in [0.2, 0.25) is 0 Å². The maximum Gasteiger partial charge on any atom is 0.337 e. The van der Waals surface area contributed by atoms with Crippen LogP contribution in [-0.4, -0.2) is 42.3 Å².